The number of rotatable bonds is 2. The number of pyridine rings is 1. The number of aromatic nitrogens is 2. The lowest BCUT2D eigenvalue weighted by atomic mass is 10.1. The average molecular weight is 266 g/mol. The van der Waals surface area contributed by atoms with Crippen molar-refractivity contribution in [1.29, 1.82) is 0 Å². The second kappa shape index (κ2) is 4.49. The molecule has 0 saturated heterocycles. The summed E-state index contributed by atoms with van der Waals surface area (Å²) >= 11 is 0. The molecule has 0 aliphatic carbocycles. The van der Waals surface area contributed by atoms with Gasteiger partial charge < -0.3 is 5.11 Å². The number of carbonyl (C=O) groups is 1. The summed E-state index contributed by atoms with van der Waals surface area (Å²) in [6.45, 7) is 3.99. The Morgan fingerprint density at radius 2 is 1.70 bits per heavy atom. The van der Waals surface area contributed by atoms with Gasteiger partial charge in [-0.25, -0.2) is 9.78 Å². The molecule has 0 radical (unpaired) electrons. The molecule has 0 atom stereocenters. The molecule has 3 rings (SSSR count). The highest BCUT2D eigenvalue weighted by atomic mass is 16.4. The highest BCUT2D eigenvalue weighted by molar-refractivity contribution is 5.95. The molecule has 100 valence electrons. The summed E-state index contributed by atoms with van der Waals surface area (Å²) in [7, 11) is 0. The lowest BCUT2D eigenvalue weighted by Gasteiger charge is -2.03. The quantitative estimate of drug-likeness (QED) is 0.774. The third-order valence-corrected chi connectivity index (χ3v) is 3.30. The van der Waals surface area contributed by atoms with Gasteiger partial charge in [0, 0.05) is 11.8 Å². The van der Waals surface area contributed by atoms with Gasteiger partial charge in [0.1, 0.15) is 5.82 Å². The Morgan fingerprint density at radius 3 is 2.35 bits per heavy atom. The summed E-state index contributed by atoms with van der Waals surface area (Å²) in [5, 5.41) is 9.28. The van der Waals surface area contributed by atoms with Crippen molar-refractivity contribution in [3.05, 3.63) is 59.4 Å². The Kier molecular flexibility index (Phi) is 2.79. The summed E-state index contributed by atoms with van der Waals surface area (Å²) < 4.78 is 1.84. The summed E-state index contributed by atoms with van der Waals surface area (Å²) in [4.78, 5) is 15.6. The van der Waals surface area contributed by atoms with Crippen molar-refractivity contribution in [2.45, 2.75) is 13.8 Å². The Morgan fingerprint density at radius 1 is 1.05 bits per heavy atom. The van der Waals surface area contributed by atoms with Crippen LogP contribution in [0.3, 0.4) is 0 Å². The first-order chi connectivity index (χ1) is 9.56. The molecule has 2 aromatic heterocycles. The van der Waals surface area contributed by atoms with Crippen LogP contribution in [0.4, 0.5) is 0 Å². The summed E-state index contributed by atoms with van der Waals surface area (Å²) in [5.74, 6) is -0.356. The van der Waals surface area contributed by atoms with Crippen LogP contribution in [0.2, 0.25) is 0 Å². The van der Waals surface area contributed by atoms with Gasteiger partial charge in [0.15, 0.2) is 5.69 Å². The van der Waals surface area contributed by atoms with Gasteiger partial charge in [0.05, 0.1) is 5.52 Å². The standard InChI is InChI=1S/C16H14N2O2/c1-10-3-6-12(7-4-10)15-17-14(16(19)20)13-8-5-11(2)9-18(13)15/h3-9H,1-2H3,(H,19,20). The zero-order chi connectivity index (χ0) is 14.3. The molecular weight excluding hydrogens is 252 g/mol. The minimum atomic E-state index is -1.01. The number of benzene rings is 1. The van der Waals surface area contributed by atoms with E-state index in [9.17, 15) is 9.90 Å². The smallest absolute Gasteiger partial charge is 0.356 e. The first-order valence-corrected chi connectivity index (χ1v) is 6.35. The van der Waals surface area contributed by atoms with Crippen molar-refractivity contribution in [1.82, 2.24) is 9.38 Å². The zero-order valence-electron chi connectivity index (χ0n) is 11.3. The van der Waals surface area contributed by atoms with Crippen LogP contribution >= 0.6 is 0 Å². The molecule has 1 aromatic carbocycles. The van der Waals surface area contributed by atoms with Gasteiger partial charge in [-0.15, -0.1) is 0 Å². The summed E-state index contributed by atoms with van der Waals surface area (Å²) in [6, 6.07) is 11.6. The molecule has 0 saturated carbocycles. The number of carboxylic acids is 1. The van der Waals surface area contributed by atoms with E-state index in [0.717, 1.165) is 16.7 Å². The number of hydrogen-bond acceptors (Lipinski definition) is 2. The first kappa shape index (κ1) is 12.4. The lowest BCUT2D eigenvalue weighted by molar-refractivity contribution is 0.0693. The molecule has 0 aliphatic heterocycles. The van der Waals surface area contributed by atoms with Crippen LogP contribution in [0, 0.1) is 13.8 Å². The van der Waals surface area contributed by atoms with Gasteiger partial charge >= 0.3 is 5.97 Å². The predicted octanol–water partition coefficient (Wildman–Crippen LogP) is 3.32. The van der Waals surface area contributed by atoms with Gasteiger partial charge in [-0.1, -0.05) is 35.9 Å². The summed E-state index contributed by atoms with van der Waals surface area (Å²) in [5.41, 5.74) is 3.81. The van der Waals surface area contributed by atoms with Gasteiger partial charge in [-0.2, -0.15) is 0 Å². The minimum absolute atomic E-state index is 0.0839. The molecule has 1 N–H and O–H groups in total. The van der Waals surface area contributed by atoms with E-state index in [2.05, 4.69) is 4.98 Å². The van der Waals surface area contributed by atoms with Crippen LogP contribution in [0.1, 0.15) is 21.6 Å². The number of imidazole rings is 1. The van der Waals surface area contributed by atoms with Gasteiger partial charge in [0.25, 0.3) is 0 Å². The zero-order valence-corrected chi connectivity index (χ0v) is 11.3. The van der Waals surface area contributed by atoms with E-state index >= 15 is 0 Å². The molecule has 3 aromatic rings. The fourth-order valence-electron chi connectivity index (χ4n) is 2.26. The molecule has 0 spiro atoms. The van der Waals surface area contributed by atoms with E-state index < -0.39 is 5.97 Å². The molecule has 2 heterocycles. The number of carboxylic acid groups (broad SMARTS) is 1. The molecular formula is C16H14N2O2. The molecule has 20 heavy (non-hydrogen) atoms. The molecule has 0 amide bonds. The van der Waals surface area contributed by atoms with Crippen molar-refractivity contribution >= 4 is 11.5 Å². The van der Waals surface area contributed by atoms with Crippen LogP contribution in [-0.4, -0.2) is 20.5 Å². The van der Waals surface area contributed by atoms with Crippen molar-refractivity contribution in [2.24, 2.45) is 0 Å². The third kappa shape index (κ3) is 1.95. The third-order valence-electron chi connectivity index (χ3n) is 3.30. The van der Waals surface area contributed by atoms with E-state index in [1.165, 1.54) is 0 Å². The van der Waals surface area contributed by atoms with Gasteiger partial charge in [-0.05, 0) is 25.5 Å². The fraction of sp³-hybridized carbons (Fsp3) is 0.125. The van der Waals surface area contributed by atoms with Crippen LogP contribution in [-0.2, 0) is 0 Å². The monoisotopic (exact) mass is 266 g/mol. The van der Waals surface area contributed by atoms with E-state index in [0.29, 0.717) is 11.3 Å². The van der Waals surface area contributed by atoms with Gasteiger partial charge in [-0.3, -0.25) is 4.40 Å². The summed E-state index contributed by atoms with van der Waals surface area (Å²) in [6.07, 6.45) is 1.91. The van der Waals surface area contributed by atoms with Crippen molar-refractivity contribution in [2.75, 3.05) is 0 Å². The molecule has 4 heteroatoms. The van der Waals surface area contributed by atoms with Gasteiger partial charge in [0.2, 0.25) is 0 Å². The normalized spacial score (nSPS) is 10.9. The Labute approximate surface area is 116 Å². The van der Waals surface area contributed by atoms with Crippen LogP contribution < -0.4 is 0 Å². The average Bonchev–Trinajstić information content (AvgIpc) is 2.78. The van der Waals surface area contributed by atoms with E-state index in [-0.39, 0.29) is 5.69 Å². The Bertz CT molecular complexity index is 801. The fourth-order valence-corrected chi connectivity index (χ4v) is 2.26. The number of aryl methyl sites for hydroxylation is 2. The number of nitrogens with zero attached hydrogens (tertiary/aromatic N) is 2. The maximum Gasteiger partial charge on any atom is 0.356 e. The minimum Gasteiger partial charge on any atom is -0.476 e. The van der Waals surface area contributed by atoms with Crippen LogP contribution in [0.25, 0.3) is 16.9 Å². The van der Waals surface area contributed by atoms with E-state index in [1.54, 1.807) is 6.07 Å². The number of hydrogen-bond donors (Lipinski definition) is 1. The second-order valence-electron chi connectivity index (χ2n) is 4.92. The molecule has 0 unspecified atom stereocenters. The maximum absolute atomic E-state index is 11.3. The van der Waals surface area contributed by atoms with E-state index in [1.807, 2.05) is 54.8 Å². The first-order valence-electron chi connectivity index (χ1n) is 6.35. The molecule has 4 nitrogen and oxygen atoms in total. The second-order valence-corrected chi connectivity index (χ2v) is 4.92. The highest BCUT2D eigenvalue weighted by Gasteiger charge is 2.17. The van der Waals surface area contributed by atoms with Crippen molar-refractivity contribution in [3.8, 4) is 11.4 Å². The maximum atomic E-state index is 11.3. The van der Waals surface area contributed by atoms with Crippen LogP contribution in [0.5, 0.6) is 0 Å². The van der Waals surface area contributed by atoms with Crippen molar-refractivity contribution < 1.29 is 9.90 Å². The SMILES string of the molecule is Cc1ccc(-c2nc(C(=O)O)c3ccc(C)cn23)cc1. The van der Waals surface area contributed by atoms with E-state index in [4.69, 9.17) is 0 Å². The molecule has 0 aliphatic rings. The molecule has 0 bridgehead atoms. The van der Waals surface area contributed by atoms with Crippen LogP contribution in [0.15, 0.2) is 42.6 Å². The Hall–Kier alpha value is -2.62. The largest absolute Gasteiger partial charge is 0.476 e. The predicted molar refractivity (Wildman–Crippen MR) is 77.1 cm³/mol. The molecule has 0 fully saturated rings. The number of fused-ring (bicyclic) bond motifs is 1. The topological polar surface area (TPSA) is 54.6 Å². The van der Waals surface area contributed by atoms with Crippen molar-refractivity contribution in [3.63, 3.8) is 0 Å². The number of aromatic carboxylic acids is 1. The Balaban J connectivity index is 2.32. The lowest BCUT2D eigenvalue weighted by Crippen LogP contribution is -1.97. The highest BCUT2D eigenvalue weighted by Crippen LogP contribution is 2.23.